The van der Waals surface area contributed by atoms with Gasteiger partial charge in [0.25, 0.3) is 0 Å². The lowest BCUT2D eigenvalue weighted by atomic mass is 9.82. The van der Waals surface area contributed by atoms with Crippen molar-refractivity contribution < 1.29 is 0 Å². The van der Waals surface area contributed by atoms with Gasteiger partial charge in [-0.1, -0.05) is 215 Å². The van der Waals surface area contributed by atoms with Gasteiger partial charge >= 0.3 is 0 Å². The van der Waals surface area contributed by atoms with Gasteiger partial charge in [0.05, 0.1) is 0 Å². The minimum atomic E-state index is 0. The van der Waals surface area contributed by atoms with Crippen LogP contribution in [-0.4, -0.2) is 0 Å². The van der Waals surface area contributed by atoms with Crippen molar-refractivity contribution in [3.63, 3.8) is 0 Å². The summed E-state index contributed by atoms with van der Waals surface area (Å²) in [5, 5.41) is 5.04. The minimum Gasteiger partial charge on any atom is -0.0991 e. The Morgan fingerprint density at radius 1 is 0.549 bits per heavy atom. The Labute approximate surface area is 314 Å². The molecule has 0 N–H and O–H groups in total. The van der Waals surface area contributed by atoms with Crippen LogP contribution in [-0.2, 0) is 10.8 Å². The molecule has 0 spiro atoms. The Morgan fingerprint density at radius 2 is 1.02 bits per heavy atom. The van der Waals surface area contributed by atoms with Crippen LogP contribution in [0, 0.1) is 5.41 Å². The predicted molar refractivity (Wildman–Crippen MR) is 237 cm³/mol. The molecule has 0 aliphatic rings. The van der Waals surface area contributed by atoms with E-state index in [0.29, 0.717) is 5.41 Å². The zero-order chi connectivity index (χ0) is 37.9. The average Bonchev–Trinajstić information content (AvgIpc) is 3.08. The summed E-state index contributed by atoms with van der Waals surface area (Å²) in [6, 6.07) is 34.3. The largest absolute Gasteiger partial charge is 0.0991 e. The summed E-state index contributed by atoms with van der Waals surface area (Å²) in [5.41, 5.74) is 10.7. The zero-order valence-corrected chi connectivity index (χ0v) is 34.0. The van der Waals surface area contributed by atoms with Gasteiger partial charge in [-0.15, -0.1) is 0 Å². The quantitative estimate of drug-likeness (QED) is 0.123. The minimum absolute atomic E-state index is 0. The molecule has 0 heteroatoms. The van der Waals surface area contributed by atoms with E-state index in [4.69, 9.17) is 0 Å². The lowest BCUT2D eigenvalue weighted by molar-refractivity contribution is 0.469. The van der Waals surface area contributed by atoms with Crippen molar-refractivity contribution in [3.8, 4) is 22.3 Å². The lowest BCUT2D eigenvalue weighted by Gasteiger charge is -2.23. The molecule has 0 aliphatic heterocycles. The first-order chi connectivity index (χ1) is 23.5. The van der Waals surface area contributed by atoms with Gasteiger partial charge in [-0.3, -0.25) is 0 Å². The SMILES string of the molecule is C.C=C/C=C/CC(=C)c1ccc2c(ccc3cc(-c4cc(C(C)(C)C)ccc4-c4ccc(C(C)(C)C)cc4)ccc32)c1.CC.CC.CC(C)(C)C. The van der Waals surface area contributed by atoms with Gasteiger partial charge in [-0.25, -0.2) is 0 Å². The molecular formula is C51H70. The van der Waals surface area contributed by atoms with E-state index < -0.39 is 0 Å². The Morgan fingerprint density at radius 3 is 1.53 bits per heavy atom. The molecule has 5 aromatic rings. The molecule has 0 aliphatic carbocycles. The lowest BCUT2D eigenvalue weighted by Crippen LogP contribution is -2.11. The van der Waals surface area contributed by atoms with Gasteiger partial charge < -0.3 is 0 Å². The normalized spacial score (nSPS) is 11.3. The first kappa shape index (κ1) is 44.9. The predicted octanol–water partition coefficient (Wildman–Crippen LogP) is 16.8. The third-order valence-corrected chi connectivity index (χ3v) is 8.14. The molecule has 0 atom stereocenters. The highest BCUT2D eigenvalue weighted by molar-refractivity contribution is 6.09. The summed E-state index contributed by atoms with van der Waals surface area (Å²) in [6.45, 7) is 38.5. The fourth-order valence-electron chi connectivity index (χ4n) is 5.53. The van der Waals surface area contributed by atoms with Crippen LogP contribution < -0.4 is 0 Å². The summed E-state index contributed by atoms with van der Waals surface area (Å²) >= 11 is 0. The standard InChI is InChI=1S/C41H42.C5H12.2C2H6.CH4/c1-9-10-11-12-28(2)30-17-22-37-31(25-30)13-14-32-26-33(18-23-38(32)37)39-27-35(41(6,7)8)21-24-36(39)29-15-19-34(20-16-29)40(3,4)5;1-5(2,3)4;2*1-2;/h9-11,13-27H,1-2,12H2,3-8H3;1-4H3;2*1-2H3;1H4/b11-10+;;;;. The molecule has 0 aromatic heterocycles. The number of allylic oxidation sites excluding steroid dienone is 4. The van der Waals surface area contributed by atoms with E-state index in [1.807, 2.05) is 33.8 Å². The van der Waals surface area contributed by atoms with Crippen LogP contribution in [0.25, 0.3) is 49.4 Å². The van der Waals surface area contributed by atoms with E-state index in [1.165, 1.54) is 60.5 Å². The maximum Gasteiger partial charge on any atom is -0.00943 e. The second-order valence-corrected chi connectivity index (χ2v) is 16.2. The van der Waals surface area contributed by atoms with Gasteiger partial charge in [0.2, 0.25) is 0 Å². The van der Waals surface area contributed by atoms with Crippen LogP contribution in [0.2, 0.25) is 0 Å². The van der Waals surface area contributed by atoms with Gasteiger partial charge in [-0.2, -0.15) is 0 Å². The number of fused-ring (bicyclic) bond motifs is 3. The van der Waals surface area contributed by atoms with Crippen LogP contribution >= 0.6 is 0 Å². The fourth-order valence-corrected chi connectivity index (χ4v) is 5.53. The van der Waals surface area contributed by atoms with Crippen molar-refractivity contribution in [2.75, 3.05) is 0 Å². The maximum atomic E-state index is 4.30. The maximum absolute atomic E-state index is 4.30. The molecular weight excluding hydrogens is 613 g/mol. The van der Waals surface area contributed by atoms with Crippen molar-refractivity contribution in [3.05, 3.63) is 139 Å². The molecule has 0 heterocycles. The average molecular weight is 683 g/mol. The van der Waals surface area contributed by atoms with Crippen LogP contribution in [0.1, 0.15) is 127 Å². The van der Waals surface area contributed by atoms with E-state index in [1.54, 1.807) is 6.08 Å². The summed E-state index contributed by atoms with van der Waals surface area (Å²) in [4.78, 5) is 0. The number of rotatable bonds is 6. The van der Waals surface area contributed by atoms with Crippen LogP contribution in [0.3, 0.4) is 0 Å². The number of hydrogen-bond donors (Lipinski definition) is 0. The van der Waals surface area contributed by atoms with Crippen LogP contribution in [0.4, 0.5) is 0 Å². The van der Waals surface area contributed by atoms with Crippen LogP contribution in [0.5, 0.6) is 0 Å². The van der Waals surface area contributed by atoms with E-state index in [2.05, 4.69) is 179 Å². The van der Waals surface area contributed by atoms with E-state index in [9.17, 15) is 0 Å². The molecule has 0 nitrogen and oxygen atoms in total. The number of hydrogen-bond acceptors (Lipinski definition) is 0. The Hall–Kier alpha value is -4.16. The molecule has 5 aromatic carbocycles. The van der Waals surface area contributed by atoms with E-state index in [0.717, 1.165) is 12.0 Å². The number of benzene rings is 5. The van der Waals surface area contributed by atoms with Gasteiger partial charge in [0, 0.05) is 0 Å². The second-order valence-electron chi connectivity index (χ2n) is 16.2. The molecule has 0 fully saturated rings. The smallest absolute Gasteiger partial charge is 0.00943 e. The molecule has 0 saturated carbocycles. The Bertz CT molecular complexity index is 1860. The Kier molecular flexibility index (Phi) is 17.1. The molecule has 274 valence electrons. The van der Waals surface area contributed by atoms with Crippen molar-refractivity contribution in [2.24, 2.45) is 5.41 Å². The van der Waals surface area contributed by atoms with Gasteiger partial charge in [0.1, 0.15) is 0 Å². The highest BCUT2D eigenvalue weighted by atomic mass is 14.2. The van der Waals surface area contributed by atoms with Crippen molar-refractivity contribution in [2.45, 2.75) is 122 Å². The summed E-state index contributed by atoms with van der Waals surface area (Å²) < 4.78 is 0. The topological polar surface area (TPSA) is 0 Å². The molecule has 0 radical (unpaired) electrons. The third kappa shape index (κ3) is 12.8. The third-order valence-electron chi connectivity index (χ3n) is 8.14. The van der Waals surface area contributed by atoms with Crippen LogP contribution in [0.15, 0.2) is 122 Å². The molecule has 0 amide bonds. The Balaban J connectivity index is 0.00000118. The summed E-state index contributed by atoms with van der Waals surface area (Å²) in [7, 11) is 0. The second kappa shape index (κ2) is 19.4. The van der Waals surface area contributed by atoms with Gasteiger partial charge in [-0.05, 0) is 101 Å². The van der Waals surface area contributed by atoms with Crippen molar-refractivity contribution in [1.82, 2.24) is 0 Å². The van der Waals surface area contributed by atoms with E-state index in [-0.39, 0.29) is 18.3 Å². The monoisotopic (exact) mass is 683 g/mol. The van der Waals surface area contributed by atoms with Crippen molar-refractivity contribution in [1.29, 1.82) is 0 Å². The van der Waals surface area contributed by atoms with Gasteiger partial charge in [0.15, 0.2) is 0 Å². The zero-order valence-electron chi connectivity index (χ0n) is 34.0. The molecule has 0 bridgehead atoms. The summed E-state index contributed by atoms with van der Waals surface area (Å²) in [5.74, 6) is 0. The molecule has 0 unspecified atom stereocenters. The summed E-state index contributed by atoms with van der Waals surface area (Å²) in [6.07, 6.45) is 6.70. The molecule has 5 rings (SSSR count). The first-order valence-corrected chi connectivity index (χ1v) is 18.6. The first-order valence-electron chi connectivity index (χ1n) is 18.6. The fraction of sp³-hybridized carbons (Fsp3) is 0.373. The van der Waals surface area contributed by atoms with E-state index >= 15 is 0 Å². The van der Waals surface area contributed by atoms with Crippen molar-refractivity contribution >= 4 is 27.1 Å². The molecule has 0 saturated heterocycles. The highest BCUT2D eigenvalue weighted by Crippen LogP contribution is 2.39. The highest BCUT2D eigenvalue weighted by Gasteiger charge is 2.19. The molecule has 51 heavy (non-hydrogen) atoms.